The molecule has 0 aromatic heterocycles. The number of esters is 1. The monoisotopic (exact) mass is 653 g/mol. The lowest BCUT2D eigenvalue weighted by atomic mass is 10.0. The Labute approximate surface area is 286 Å². The summed E-state index contributed by atoms with van der Waals surface area (Å²) in [7, 11) is 0. The van der Waals surface area contributed by atoms with Crippen molar-refractivity contribution in [1.82, 2.24) is 0 Å². The number of aliphatic hydroxyl groups excluding tert-OH is 2. The zero-order valence-electron chi connectivity index (χ0n) is 31.0. The Morgan fingerprint density at radius 1 is 0.435 bits per heavy atom. The van der Waals surface area contributed by atoms with Gasteiger partial charge in [-0.3, -0.25) is 9.59 Å². The van der Waals surface area contributed by atoms with E-state index >= 15 is 0 Å². The van der Waals surface area contributed by atoms with Gasteiger partial charge in [-0.15, -0.1) is 0 Å². The summed E-state index contributed by atoms with van der Waals surface area (Å²) in [5.74, 6) is -0.766. The number of hydrogen-bond donors (Lipinski definition) is 2. The van der Waals surface area contributed by atoms with Crippen molar-refractivity contribution in [2.75, 3.05) is 6.61 Å². The first-order valence-corrected chi connectivity index (χ1v) is 20.6. The number of hydrogen-bond acceptors (Lipinski definition) is 5. The van der Waals surface area contributed by atoms with Crippen LogP contribution in [0.3, 0.4) is 0 Å². The van der Waals surface area contributed by atoms with E-state index in [9.17, 15) is 19.8 Å². The Balaban J connectivity index is 3.60. The molecule has 0 heterocycles. The fraction of sp³-hybridized carbons (Fsp3) is 0.951. The molecule has 46 heavy (non-hydrogen) atoms. The molecule has 5 heteroatoms. The van der Waals surface area contributed by atoms with Crippen molar-refractivity contribution in [3.05, 3.63) is 0 Å². The van der Waals surface area contributed by atoms with E-state index in [0.717, 1.165) is 38.5 Å². The molecule has 0 fully saturated rings. The zero-order valence-corrected chi connectivity index (χ0v) is 31.0. The third kappa shape index (κ3) is 31.6. The molecule has 0 bridgehead atoms. The molecule has 0 aromatic carbocycles. The lowest BCUT2D eigenvalue weighted by Crippen LogP contribution is -2.40. The van der Waals surface area contributed by atoms with Crippen molar-refractivity contribution < 1.29 is 24.5 Å². The summed E-state index contributed by atoms with van der Waals surface area (Å²) >= 11 is 0. The second-order valence-electron chi connectivity index (χ2n) is 14.2. The number of unbranched alkanes of at least 4 members (excludes halogenated alkanes) is 30. The van der Waals surface area contributed by atoms with Gasteiger partial charge in [-0.1, -0.05) is 206 Å². The van der Waals surface area contributed by atoms with Gasteiger partial charge in [-0.25, -0.2) is 0 Å². The third-order valence-electron chi connectivity index (χ3n) is 9.66. The number of Topliss-reactive ketones (excluding diaryl/α,β-unsaturated/α-hetero) is 1. The van der Waals surface area contributed by atoms with Crippen LogP contribution in [0.5, 0.6) is 0 Å². The molecule has 0 saturated carbocycles. The predicted molar refractivity (Wildman–Crippen MR) is 196 cm³/mol. The van der Waals surface area contributed by atoms with Gasteiger partial charge < -0.3 is 14.9 Å². The maximum atomic E-state index is 12.4. The van der Waals surface area contributed by atoms with Crippen LogP contribution in [0.1, 0.15) is 232 Å². The van der Waals surface area contributed by atoms with Gasteiger partial charge in [-0.2, -0.15) is 0 Å². The topological polar surface area (TPSA) is 83.8 Å². The van der Waals surface area contributed by atoms with Gasteiger partial charge >= 0.3 is 5.97 Å². The lowest BCUT2D eigenvalue weighted by Gasteiger charge is -2.20. The highest BCUT2D eigenvalue weighted by atomic mass is 16.6. The maximum absolute atomic E-state index is 12.4. The Bertz CT molecular complexity index is 636. The van der Waals surface area contributed by atoms with Crippen molar-refractivity contribution in [3.8, 4) is 0 Å². The second-order valence-corrected chi connectivity index (χ2v) is 14.2. The van der Waals surface area contributed by atoms with Gasteiger partial charge in [0.05, 0.1) is 6.61 Å². The number of carbonyl (C=O) groups excluding carboxylic acids is 2. The average molecular weight is 653 g/mol. The van der Waals surface area contributed by atoms with Crippen LogP contribution in [-0.2, 0) is 14.3 Å². The standard InChI is InChI=1S/C41H80O5/c1-3-5-7-9-11-13-15-17-18-19-20-21-22-24-26-28-30-32-34-36-40(44)46-39(37-42)41(45)38(43)35-33-31-29-27-25-23-16-14-12-10-8-6-4-2/h39,41-42,45H,3-37H2,1-2H3. The van der Waals surface area contributed by atoms with Crippen LogP contribution in [0.25, 0.3) is 0 Å². The predicted octanol–water partition coefficient (Wildman–Crippen LogP) is 12.1. The van der Waals surface area contributed by atoms with E-state index in [4.69, 9.17) is 4.74 Å². The summed E-state index contributed by atoms with van der Waals surface area (Å²) in [4.78, 5) is 24.7. The van der Waals surface area contributed by atoms with E-state index in [0.29, 0.717) is 0 Å². The molecule has 5 nitrogen and oxygen atoms in total. The van der Waals surface area contributed by atoms with Crippen LogP contribution in [0.15, 0.2) is 0 Å². The molecule has 2 N–H and O–H groups in total. The maximum Gasteiger partial charge on any atom is 0.306 e. The number of rotatable bonds is 38. The Hall–Kier alpha value is -0.940. The van der Waals surface area contributed by atoms with Gasteiger partial charge in [0.1, 0.15) is 0 Å². The molecule has 0 aromatic rings. The van der Waals surface area contributed by atoms with E-state index in [1.165, 1.54) is 167 Å². The molecule has 0 radical (unpaired) electrons. The van der Waals surface area contributed by atoms with Gasteiger partial charge in [0, 0.05) is 12.8 Å². The van der Waals surface area contributed by atoms with Crippen molar-refractivity contribution in [1.29, 1.82) is 0 Å². The van der Waals surface area contributed by atoms with E-state index in [2.05, 4.69) is 13.8 Å². The van der Waals surface area contributed by atoms with Crippen molar-refractivity contribution in [3.63, 3.8) is 0 Å². The third-order valence-corrected chi connectivity index (χ3v) is 9.66. The van der Waals surface area contributed by atoms with Crippen molar-refractivity contribution >= 4 is 11.8 Å². The fourth-order valence-corrected chi connectivity index (χ4v) is 6.45. The van der Waals surface area contributed by atoms with Gasteiger partial charge in [0.15, 0.2) is 18.0 Å². The SMILES string of the molecule is CCCCCCCCCCCCCCCCCCCCCC(=O)OC(CO)C(O)C(=O)CCCCCCCCCCCCCCC. The normalized spacial score (nSPS) is 12.8. The molecule has 0 aliphatic carbocycles. The minimum Gasteiger partial charge on any atom is -0.457 e. The van der Waals surface area contributed by atoms with E-state index in [1.54, 1.807) is 0 Å². The summed E-state index contributed by atoms with van der Waals surface area (Å²) in [6, 6.07) is 0. The summed E-state index contributed by atoms with van der Waals surface area (Å²) in [6.07, 6.45) is 38.8. The molecule has 0 aliphatic heterocycles. The first-order chi connectivity index (χ1) is 22.6. The number of carbonyl (C=O) groups is 2. The number of ketones is 1. The Morgan fingerprint density at radius 3 is 0.978 bits per heavy atom. The van der Waals surface area contributed by atoms with Crippen LogP contribution in [0.4, 0.5) is 0 Å². The van der Waals surface area contributed by atoms with Crippen molar-refractivity contribution in [2.24, 2.45) is 0 Å². The summed E-state index contributed by atoms with van der Waals surface area (Å²) in [6.45, 7) is 4.00. The minimum absolute atomic E-state index is 0.270. The minimum atomic E-state index is -1.43. The molecule has 0 amide bonds. The highest BCUT2D eigenvalue weighted by Crippen LogP contribution is 2.17. The van der Waals surface area contributed by atoms with Crippen LogP contribution in [-0.4, -0.2) is 40.8 Å². The molecule has 2 unspecified atom stereocenters. The van der Waals surface area contributed by atoms with E-state index in [-0.39, 0.29) is 18.6 Å². The summed E-state index contributed by atoms with van der Waals surface area (Å²) < 4.78 is 5.28. The van der Waals surface area contributed by atoms with E-state index in [1.807, 2.05) is 0 Å². The van der Waals surface area contributed by atoms with Crippen LogP contribution in [0.2, 0.25) is 0 Å². The Kier molecular flexibility index (Phi) is 36.1. The quantitative estimate of drug-likeness (QED) is 0.0512. The van der Waals surface area contributed by atoms with Crippen LogP contribution >= 0.6 is 0 Å². The fourth-order valence-electron chi connectivity index (χ4n) is 6.45. The average Bonchev–Trinajstić information content (AvgIpc) is 3.06. The molecule has 0 spiro atoms. The molecule has 0 aliphatic rings. The van der Waals surface area contributed by atoms with Crippen LogP contribution in [0, 0.1) is 0 Å². The molecular weight excluding hydrogens is 572 g/mol. The van der Waals surface area contributed by atoms with Crippen molar-refractivity contribution in [2.45, 2.75) is 244 Å². The van der Waals surface area contributed by atoms with E-state index < -0.39 is 24.8 Å². The molecule has 274 valence electrons. The molecule has 2 atom stereocenters. The Morgan fingerprint density at radius 2 is 0.696 bits per heavy atom. The smallest absolute Gasteiger partial charge is 0.306 e. The summed E-state index contributed by atoms with van der Waals surface area (Å²) in [5, 5.41) is 20.0. The summed E-state index contributed by atoms with van der Waals surface area (Å²) in [5.41, 5.74) is 0. The molecule has 0 rings (SSSR count). The lowest BCUT2D eigenvalue weighted by molar-refractivity contribution is -0.161. The zero-order chi connectivity index (χ0) is 33.8. The molecular formula is C41H80O5. The van der Waals surface area contributed by atoms with Gasteiger partial charge in [0.25, 0.3) is 0 Å². The first-order valence-electron chi connectivity index (χ1n) is 20.6. The molecule has 0 saturated heterocycles. The largest absolute Gasteiger partial charge is 0.457 e. The first kappa shape index (κ1) is 45.1. The number of ether oxygens (including phenoxy) is 1. The second kappa shape index (κ2) is 36.9. The highest BCUT2D eigenvalue weighted by molar-refractivity contribution is 5.83. The highest BCUT2D eigenvalue weighted by Gasteiger charge is 2.28. The van der Waals surface area contributed by atoms with Gasteiger partial charge in [0.2, 0.25) is 0 Å². The van der Waals surface area contributed by atoms with Gasteiger partial charge in [-0.05, 0) is 12.8 Å². The number of aliphatic hydroxyl groups is 2. The van der Waals surface area contributed by atoms with Crippen LogP contribution < -0.4 is 0 Å².